The third-order valence-corrected chi connectivity index (χ3v) is 5.70. The molecule has 0 aliphatic heterocycles. The lowest BCUT2D eigenvalue weighted by Crippen LogP contribution is -2.49. The highest BCUT2D eigenvalue weighted by Gasteiger charge is 2.16. The predicted octanol–water partition coefficient (Wildman–Crippen LogP) is 2.11. The van der Waals surface area contributed by atoms with Crippen LogP contribution in [0.25, 0.3) is 16.7 Å². The van der Waals surface area contributed by atoms with Crippen LogP contribution in [0.3, 0.4) is 0 Å². The van der Waals surface area contributed by atoms with Gasteiger partial charge in [-0.1, -0.05) is 48.2 Å². The van der Waals surface area contributed by atoms with Gasteiger partial charge in [0.2, 0.25) is 5.91 Å². The summed E-state index contributed by atoms with van der Waals surface area (Å²) in [5, 5.41) is 11.5. The molecule has 3 N–H and O–H groups in total. The number of aryl methyl sites for hydroxylation is 1. The summed E-state index contributed by atoms with van der Waals surface area (Å²) in [6.45, 7) is 1.82. The average molecular weight is 495 g/mol. The molecule has 2 aromatic heterocycles. The van der Waals surface area contributed by atoms with Crippen LogP contribution in [-0.4, -0.2) is 37.4 Å². The second-order valence-corrected chi connectivity index (χ2v) is 8.28. The van der Waals surface area contributed by atoms with E-state index in [1.165, 1.54) is 17.8 Å². The quantitative estimate of drug-likeness (QED) is 0.165. The van der Waals surface area contributed by atoms with Crippen molar-refractivity contribution in [2.24, 2.45) is 0 Å². The molecule has 12 heteroatoms. The molecule has 2 aromatic carbocycles. The Hall–Kier alpha value is -4.03. The zero-order chi connectivity index (χ0) is 24.1. The average Bonchev–Trinajstić information content (AvgIpc) is 3.21. The van der Waals surface area contributed by atoms with Crippen LogP contribution in [0.2, 0.25) is 0 Å². The zero-order valence-electron chi connectivity index (χ0n) is 17.8. The number of fused-ring (bicyclic) bond motifs is 1. The summed E-state index contributed by atoms with van der Waals surface area (Å²) < 4.78 is 6.98. The summed E-state index contributed by atoms with van der Waals surface area (Å²) in [6.07, 6.45) is 0. The van der Waals surface area contributed by atoms with Crippen LogP contribution in [0.4, 0.5) is 0 Å². The molecule has 0 radical (unpaired) electrons. The van der Waals surface area contributed by atoms with Gasteiger partial charge in [0.05, 0.1) is 5.75 Å². The minimum absolute atomic E-state index is 0.0167. The second-order valence-electron chi connectivity index (χ2n) is 6.93. The van der Waals surface area contributed by atoms with Gasteiger partial charge in [0.1, 0.15) is 17.0 Å². The Balaban J connectivity index is 1.30. The lowest BCUT2D eigenvalue weighted by atomic mass is 10.2. The maximum Gasteiger partial charge on any atom is 0.349 e. The molecule has 10 nitrogen and oxygen atoms in total. The number of carbonyl (C=O) groups excluding carboxylic acids is 2. The summed E-state index contributed by atoms with van der Waals surface area (Å²) in [7, 11) is 0. The molecule has 34 heavy (non-hydrogen) atoms. The van der Waals surface area contributed by atoms with Crippen molar-refractivity contribution in [3.8, 4) is 5.69 Å². The van der Waals surface area contributed by atoms with E-state index in [1.54, 1.807) is 24.3 Å². The minimum Gasteiger partial charge on any atom is -0.422 e. The topological polar surface area (TPSA) is 131 Å². The smallest absolute Gasteiger partial charge is 0.349 e. The number of hydrogen-bond donors (Lipinski definition) is 3. The van der Waals surface area contributed by atoms with Gasteiger partial charge in [0, 0.05) is 11.1 Å². The third kappa shape index (κ3) is 5.30. The predicted molar refractivity (Wildman–Crippen MR) is 131 cm³/mol. The van der Waals surface area contributed by atoms with Crippen molar-refractivity contribution in [2.75, 3.05) is 5.75 Å². The molecular weight excluding hydrogens is 476 g/mol. The van der Waals surface area contributed by atoms with E-state index in [1.807, 2.05) is 41.8 Å². The molecule has 0 spiro atoms. The van der Waals surface area contributed by atoms with Gasteiger partial charge in [-0.3, -0.25) is 30.3 Å². The van der Waals surface area contributed by atoms with Gasteiger partial charge in [0.15, 0.2) is 10.3 Å². The number of rotatable bonds is 5. The van der Waals surface area contributed by atoms with Crippen LogP contribution in [0.15, 0.2) is 75.0 Å². The molecule has 2 amide bonds. The second kappa shape index (κ2) is 10.3. The summed E-state index contributed by atoms with van der Waals surface area (Å²) in [5.74, 6) is -0.462. The summed E-state index contributed by atoms with van der Waals surface area (Å²) in [6, 6.07) is 17.8. The van der Waals surface area contributed by atoms with E-state index in [0.29, 0.717) is 22.0 Å². The highest BCUT2D eigenvalue weighted by Crippen LogP contribution is 2.21. The van der Waals surface area contributed by atoms with Gasteiger partial charge in [-0.2, -0.15) is 0 Å². The first kappa shape index (κ1) is 23.1. The maximum atomic E-state index is 12.4. The van der Waals surface area contributed by atoms with E-state index in [9.17, 15) is 14.4 Å². The van der Waals surface area contributed by atoms with Crippen LogP contribution in [0.5, 0.6) is 0 Å². The van der Waals surface area contributed by atoms with Crippen molar-refractivity contribution in [1.82, 2.24) is 30.9 Å². The Morgan fingerprint density at radius 1 is 1.06 bits per heavy atom. The number of hydrazine groups is 1. The lowest BCUT2D eigenvalue weighted by molar-refractivity contribution is -0.119. The van der Waals surface area contributed by atoms with Crippen molar-refractivity contribution in [3.63, 3.8) is 0 Å². The maximum absolute atomic E-state index is 12.4. The number of aromatic nitrogens is 3. The number of para-hydroxylation sites is 2. The highest BCUT2D eigenvalue weighted by molar-refractivity contribution is 7.99. The number of nitrogens with one attached hydrogen (secondary N) is 3. The molecule has 0 atom stereocenters. The molecule has 172 valence electrons. The van der Waals surface area contributed by atoms with E-state index in [2.05, 4.69) is 26.4 Å². The summed E-state index contributed by atoms with van der Waals surface area (Å²) >= 11 is 6.22. The monoisotopic (exact) mass is 494 g/mol. The standard InChI is InChI=1S/C22H18N6O4S2/c1-13-24-27-22(28(13)15-8-3-2-4-9-15)34-12-18(29)25-26-21(33)23-19(30)16-11-14-7-5-6-10-17(14)32-20(16)31/h2-11H,12H2,1H3,(H,25,29)(H2,23,26,30,33). The Morgan fingerprint density at radius 2 is 1.79 bits per heavy atom. The van der Waals surface area contributed by atoms with Gasteiger partial charge in [0.25, 0.3) is 5.91 Å². The van der Waals surface area contributed by atoms with Crippen LogP contribution >= 0.6 is 24.0 Å². The molecule has 4 rings (SSSR count). The summed E-state index contributed by atoms with van der Waals surface area (Å²) in [5.41, 5.74) is 5.08. The number of thiocarbonyl (C=S) groups is 1. The molecule has 4 aromatic rings. The molecule has 0 saturated carbocycles. The molecule has 2 heterocycles. The van der Waals surface area contributed by atoms with Crippen molar-refractivity contribution in [1.29, 1.82) is 0 Å². The largest absolute Gasteiger partial charge is 0.422 e. The fourth-order valence-corrected chi connectivity index (χ4v) is 3.97. The molecule has 0 fully saturated rings. The zero-order valence-corrected chi connectivity index (χ0v) is 19.4. The highest BCUT2D eigenvalue weighted by atomic mass is 32.2. The normalized spacial score (nSPS) is 10.6. The molecule has 0 saturated heterocycles. The minimum atomic E-state index is -0.794. The lowest BCUT2D eigenvalue weighted by Gasteiger charge is -2.11. The van der Waals surface area contributed by atoms with Crippen molar-refractivity contribution < 1.29 is 14.0 Å². The number of benzene rings is 2. The van der Waals surface area contributed by atoms with Crippen molar-refractivity contribution in [3.05, 3.63) is 82.5 Å². The van der Waals surface area contributed by atoms with Crippen LogP contribution < -0.4 is 21.8 Å². The SMILES string of the molecule is Cc1nnc(SCC(=O)NNC(=S)NC(=O)c2cc3ccccc3oc2=O)n1-c1ccccc1. The number of hydrogen-bond acceptors (Lipinski definition) is 8. The van der Waals surface area contributed by atoms with Crippen molar-refractivity contribution in [2.45, 2.75) is 12.1 Å². The Morgan fingerprint density at radius 3 is 2.59 bits per heavy atom. The molecule has 0 unspecified atom stereocenters. The van der Waals surface area contributed by atoms with Crippen molar-refractivity contribution >= 4 is 51.9 Å². The number of amides is 2. The van der Waals surface area contributed by atoms with Crippen LogP contribution in [0, 0.1) is 6.92 Å². The van der Waals surface area contributed by atoms with E-state index in [4.69, 9.17) is 16.6 Å². The summed E-state index contributed by atoms with van der Waals surface area (Å²) in [4.78, 5) is 36.8. The molecule has 0 bridgehead atoms. The van der Waals surface area contributed by atoms with Crippen LogP contribution in [-0.2, 0) is 4.79 Å². The number of nitrogens with zero attached hydrogens (tertiary/aromatic N) is 3. The van der Waals surface area contributed by atoms with Gasteiger partial charge in [-0.15, -0.1) is 10.2 Å². The molecule has 0 aliphatic rings. The third-order valence-electron chi connectivity index (χ3n) is 4.57. The first-order valence-corrected chi connectivity index (χ1v) is 11.3. The van der Waals surface area contributed by atoms with E-state index in [-0.39, 0.29) is 16.4 Å². The van der Waals surface area contributed by atoms with E-state index >= 15 is 0 Å². The number of thioether (sulfide) groups is 1. The first-order valence-electron chi connectivity index (χ1n) is 9.95. The fourth-order valence-electron chi connectivity index (χ4n) is 3.03. The van der Waals surface area contributed by atoms with Gasteiger partial charge < -0.3 is 4.42 Å². The molecular formula is C22H18N6O4S2. The number of carbonyl (C=O) groups is 2. The molecule has 0 aliphatic carbocycles. The fraction of sp³-hybridized carbons (Fsp3) is 0.0909. The Kier molecular flexibility index (Phi) is 6.99. The van der Waals surface area contributed by atoms with Gasteiger partial charge in [-0.25, -0.2) is 4.79 Å². The Labute approximate surface area is 202 Å². The Bertz CT molecular complexity index is 1430. The van der Waals surface area contributed by atoms with E-state index in [0.717, 1.165) is 5.69 Å². The first-order chi connectivity index (χ1) is 16.4. The van der Waals surface area contributed by atoms with Crippen LogP contribution in [0.1, 0.15) is 16.2 Å². The van der Waals surface area contributed by atoms with Gasteiger partial charge in [-0.05, 0) is 43.4 Å². The van der Waals surface area contributed by atoms with Gasteiger partial charge >= 0.3 is 5.63 Å². The van der Waals surface area contributed by atoms with E-state index < -0.39 is 17.4 Å².